The Balaban J connectivity index is 2.36. The second kappa shape index (κ2) is 5.80. The minimum Gasteiger partial charge on any atom is -0.105 e. The molecule has 0 heterocycles. The molecule has 2 aromatic carbocycles. The van der Waals surface area contributed by atoms with Crippen molar-refractivity contribution in [2.75, 3.05) is 0 Å². The Hall–Kier alpha value is -1.65. The standard InChI is InChI=1S/C17H16S/c1-3-14-17(2,15-10-6-4-7-11-15)18-16-12-8-5-9-13-16/h4-13H,1-2H3. The number of hydrogen-bond acceptors (Lipinski definition) is 1. The molecule has 1 atom stereocenters. The van der Waals surface area contributed by atoms with Crippen molar-refractivity contribution >= 4 is 11.8 Å². The SMILES string of the molecule is CC#CC(C)(Sc1ccccc1)c1ccccc1. The Morgan fingerprint density at radius 3 is 2.00 bits per heavy atom. The minimum atomic E-state index is -0.197. The fourth-order valence-corrected chi connectivity index (χ4v) is 3.05. The van der Waals surface area contributed by atoms with Crippen LogP contribution in [0.25, 0.3) is 0 Å². The van der Waals surface area contributed by atoms with Gasteiger partial charge in [0.2, 0.25) is 0 Å². The molecule has 0 amide bonds. The number of thioether (sulfide) groups is 1. The van der Waals surface area contributed by atoms with Gasteiger partial charge in [-0.15, -0.1) is 17.7 Å². The molecule has 0 bridgehead atoms. The molecule has 0 aromatic heterocycles. The van der Waals surface area contributed by atoms with Crippen LogP contribution in [0, 0.1) is 11.8 Å². The smallest absolute Gasteiger partial charge is 0.103 e. The average Bonchev–Trinajstić information content (AvgIpc) is 2.41. The molecule has 1 unspecified atom stereocenters. The van der Waals surface area contributed by atoms with E-state index in [-0.39, 0.29) is 4.75 Å². The molecule has 0 N–H and O–H groups in total. The van der Waals surface area contributed by atoms with Crippen LogP contribution >= 0.6 is 11.8 Å². The van der Waals surface area contributed by atoms with Crippen molar-refractivity contribution in [3.8, 4) is 11.8 Å². The molecule has 90 valence electrons. The second-order valence-corrected chi connectivity index (χ2v) is 5.68. The van der Waals surface area contributed by atoms with Crippen LogP contribution in [0.15, 0.2) is 65.6 Å². The molecule has 0 aliphatic rings. The summed E-state index contributed by atoms with van der Waals surface area (Å²) in [4.78, 5) is 1.24. The Bertz CT molecular complexity index is 548. The summed E-state index contributed by atoms with van der Waals surface area (Å²) < 4.78 is -0.197. The average molecular weight is 252 g/mol. The predicted octanol–water partition coefficient (Wildman–Crippen LogP) is 4.72. The number of benzene rings is 2. The van der Waals surface area contributed by atoms with Crippen LogP contribution in [-0.4, -0.2) is 0 Å². The molecule has 0 aliphatic heterocycles. The van der Waals surface area contributed by atoms with Gasteiger partial charge in [-0.3, -0.25) is 0 Å². The third-order valence-electron chi connectivity index (χ3n) is 2.75. The normalized spacial score (nSPS) is 13.2. The molecular weight excluding hydrogens is 236 g/mol. The van der Waals surface area contributed by atoms with Gasteiger partial charge in [0.1, 0.15) is 4.75 Å². The maximum Gasteiger partial charge on any atom is 0.103 e. The van der Waals surface area contributed by atoms with Crippen molar-refractivity contribution in [1.82, 2.24) is 0 Å². The molecule has 0 fully saturated rings. The highest BCUT2D eigenvalue weighted by Crippen LogP contribution is 2.40. The van der Waals surface area contributed by atoms with Gasteiger partial charge in [-0.25, -0.2) is 0 Å². The fourth-order valence-electron chi connectivity index (χ4n) is 1.88. The van der Waals surface area contributed by atoms with Crippen LogP contribution in [0.5, 0.6) is 0 Å². The zero-order chi connectivity index (χ0) is 12.8. The van der Waals surface area contributed by atoms with E-state index < -0.39 is 0 Å². The highest BCUT2D eigenvalue weighted by molar-refractivity contribution is 8.00. The summed E-state index contributed by atoms with van der Waals surface area (Å²) in [7, 11) is 0. The van der Waals surface area contributed by atoms with Crippen LogP contribution in [0.4, 0.5) is 0 Å². The molecule has 0 saturated heterocycles. The van der Waals surface area contributed by atoms with Crippen molar-refractivity contribution in [2.24, 2.45) is 0 Å². The van der Waals surface area contributed by atoms with E-state index in [4.69, 9.17) is 0 Å². The lowest BCUT2D eigenvalue weighted by atomic mass is 10.0. The van der Waals surface area contributed by atoms with Crippen molar-refractivity contribution in [3.63, 3.8) is 0 Å². The van der Waals surface area contributed by atoms with E-state index in [1.165, 1.54) is 10.5 Å². The van der Waals surface area contributed by atoms with Crippen LogP contribution in [0.3, 0.4) is 0 Å². The van der Waals surface area contributed by atoms with Gasteiger partial charge in [-0.05, 0) is 31.5 Å². The molecule has 0 spiro atoms. The van der Waals surface area contributed by atoms with E-state index >= 15 is 0 Å². The summed E-state index contributed by atoms with van der Waals surface area (Å²) in [6, 6.07) is 20.9. The number of hydrogen-bond donors (Lipinski definition) is 0. The monoisotopic (exact) mass is 252 g/mol. The minimum absolute atomic E-state index is 0.197. The van der Waals surface area contributed by atoms with Gasteiger partial charge in [0, 0.05) is 4.90 Å². The molecule has 2 aromatic rings. The molecule has 0 aliphatic carbocycles. The van der Waals surface area contributed by atoms with Gasteiger partial charge >= 0.3 is 0 Å². The Morgan fingerprint density at radius 2 is 1.44 bits per heavy atom. The summed E-state index contributed by atoms with van der Waals surface area (Å²) in [6.45, 7) is 4.07. The van der Waals surface area contributed by atoms with Gasteiger partial charge in [-0.2, -0.15) is 0 Å². The van der Waals surface area contributed by atoms with E-state index in [0.717, 1.165) is 0 Å². The fraction of sp³-hybridized carbons (Fsp3) is 0.176. The van der Waals surface area contributed by atoms with Gasteiger partial charge in [0.25, 0.3) is 0 Å². The quantitative estimate of drug-likeness (QED) is 0.563. The van der Waals surface area contributed by atoms with Crippen molar-refractivity contribution in [1.29, 1.82) is 0 Å². The Labute approximate surface area is 113 Å². The van der Waals surface area contributed by atoms with Gasteiger partial charge < -0.3 is 0 Å². The summed E-state index contributed by atoms with van der Waals surface area (Å²) >= 11 is 1.80. The topological polar surface area (TPSA) is 0 Å². The first-order valence-electron chi connectivity index (χ1n) is 5.98. The lowest BCUT2D eigenvalue weighted by Crippen LogP contribution is -2.14. The maximum absolute atomic E-state index is 3.34. The predicted molar refractivity (Wildman–Crippen MR) is 79.5 cm³/mol. The molecule has 0 radical (unpaired) electrons. The molecule has 2 rings (SSSR count). The summed E-state index contributed by atoms with van der Waals surface area (Å²) in [5.74, 6) is 6.39. The molecule has 18 heavy (non-hydrogen) atoms. The summed E-state index contributed by atoms with van der Waals surface area (Å²) in [5, 5.41) is 0. The third-order valence-corrected chi connectivity index (χ3v) is 4.01. The highest BCUT2D eigenvalue weighted by atomic mass is 32.2. The lowest BCUT2D eigenvalue weighted by Gasteiger charge is -2.23. The van der Waals surface area contributed by atoms with Crippen LogP contribution in [0.2, 0.25) is 0 Å². The van der Waals surface area contributed by atoms with Gasteiger partial charge in [0.05, 0.1) is 0 Å². The third kappa shape index (κ3) is 2.97. The van der Waals surface area contributed by atoms with Crippen molar-refractivity contribution < 1.29 is 0 Å². The lowest BCUT2D eigenvalue weighted by molar-refractivity contribution is 0.913. The summed E-state index contributed by atoms with van der Waals surface area (Å²) in [6.07, 6.45) is 0. The van der Waals surface area contributed by atoms with Crippen molar-refractivity contribution in [2.45, 2.75) is 23.5 Å². The number of rotatable bonds is 3. The molecular formula is C17H16S. The highest BCUT2D eigenvalue weighted by Gasteiger charge is 2.25. The van der Waals surface area contributed by atoms with E-state index in [1.54, 1.807) is 11.8 Å². The largest absolute Gasteiger partial charge is 0.105 e. The van der Waals surface area contributed by atoms with E-state index in [9.17, 15) is 0 Å². The first-order valence-corrected chi connectivity index (χ1v) is 6.80. The zero-order valence-electron chi connectivity index (χ0n) is 10.7. The maximum atomic E-state index is 3.34. The van der Waals surface area contributed by atoms with Crippen LogP contribution in [-0.2, 0) is 4.75 Å². The van der Waals surface area contributed by atoms with Crippen molar-refractivity contribution in [3.05, 3.63) is 66.2 Å². The Morgan fingerprint density at radius 1 is 0.889 bits per heavy atom. The Kier molecular flexibility index (Phi) is 4.12. The van der Waals surface area contributed by atoms with Gasteiger partial charge in [0.15, 0.2) is 0 Å². The molecule has 0 nitrogen and oxygen atoms in total. The van der Waals surface area contributed by atoms with Crippen LogP contribution in [0.1, 0.15) is 19.4 Å². The van der Waals surface area contributed by atoms with Crippen LogP contribution < -0.4 is 0 Å². The van der Waals surface area contributed by atoms with E-state index in [2.05, 4.69) is 67.3 Å². The van der Waals surface area contributed by atoms with Gasteiger partial charge in [-0.1, -0.05) is 54.5 Å². The zero-order valence-corrected chi connectivity index (χ0v) is 11.5. The first kappa shape index (κ1) is 12.8. The second-order valence-electron chi connectivity index (χ2n) is 4.19. The van der Waals surface area contributed by atoms with E-state index in [0.29, 0.717) is 0 Å². The molecule has 1 heteroatoms. The van der Waals surface area contributed by atoms with E-state index in [1.807, 2.05) is 19.1 Å². The summed E-state index contributed by atoms with van der Waals surface area (Å²) in [5.41, 5.74) is 1.24. The molecule has 0 saturated carbocycles. The first-order chi connectivity index (χ1) is 8.74.